The van der Waals surface area contributed by atoms with Crippen LogP contribution < -0.4 is 0 Å². The lowest BCUT2D eigenvalue weighted by molar-refractivity contribution is -0.174. The van der Waals surface area contributed by atoms with E-state index in [0.717, 1.165) is 12.8 Å². The summed E-state index contributed by atoms with van der Waals surface area (Å²) in [4.78, 5) is 0. The highest BCUT2D eigenvalue weighted by Crippen LogP contribution is 2.17. The molecule has 0 heterocycles. The van der Waals surface area contributed by atoms with Crippen molar-refractivity contribution in [3.05, 3.63) is 0 Å². The van der Waals surface area contributed by atoms with E-state index in [4.69, 9.17) is 11.6 Å². The molecule has 1 unspecified atom stereocenters. The minimum atomic E-state index is -4.22. The van der Waals surface area contributed by atoms with Crippen LogP contribution in [0.4, 0.5) is 13.2 Å². The molecule has 0 aliphatic rings. The Morgan fingerprint density at radius 2 is 1.80 bits per heavy atom. The van der Waals surface area contributed by atoms with Crippen molar-refractivity contribution < 1.29 is 17.9 Å². The van der Waals surface area contributed by atoms with Gasteiger partial charge in [-0.25, -0.2) is 0 Å². The van der Waals surface area contributed by atoms with E-state index in [1.807, 2.05) is 13.8 Å². The van der Waals surface area contributed by atoms with Gasteiger partial charge in [0.1, 0.15) is 6.61 Å². The van der Waals surface area contributed by atoms with Gasteiger partial charge in [-0.2, -0.15) is 13.2 Å². The Morgan fingerprint density at radius 1 is 1.20 bits per heavy atom. The van der Waals surface area contributed by atoms with Crippen LogP contribution in [-0.2, 0) is 4.74 Å². The van der Waals surface area contributed by atoms with Crippen molar-refractivity contribution in [2.75, 3.05) is 13.2 Å². The Kier molecular flexibility index (Phi) is 7.36. The molecule has 15 heavy (non-hydrogen) atoms. The van der Waals surface area contributed by atoms with Crippen molar-refractivity contribution in [3.8, 4) is 0 Å². The van der Waals surface area contributed by atoms with E-state index in [1.54, 1.807) is 0 Å². The first-order valence-corrected chi connectivity index (χ1v) is 5.55. The van der Waals surface area contributed by atoms with E-state index in [2.05, 4.69) is 4.74 Å². The Hall–Kier alpha value is 0.0400. The molecule has 0 spiro atoms. The summed E-state index contributed by atoms with van der Waals surface area (Å²) in [7, 11) is 0. The number of rotatable bonds is 7. The smallest absolute Gasteiger partial charge is 0.372 e. The largest absolute Gasteiger partial charge is 0.411 e. The predicted molar refractivity (Wildman–Crippen MR) is 55.2 cm³/mol. The fourth-order valence-electron chi connectivity index (χ4n) is 1.06. The first-order valence-electron chi connectivity index (χ1n) is 5.11. The Labute approximate surface area is 93.9 Å². The van der Waals surface area contributed by atoms with Gasteiger partial charge in [-0.3, -0.25) is 0 Å². The second kappa shape index (κ2) is 7.34. The summed E-state index contributed by atoms with van der Waals surface area (Å²) in [6.45, 7) is 3.05. The van der Waals surface area contributed by atoms with Crippen LogP contribution in [0.5, 0.6) is 0 Å². The molecule has 0 N–H and O–H groups in total. The first-order chi connectivity index (χ1) is 6.83. The Morgan fingerprint density at radius 3 is 2.27 bits per heavy atom. The molecule has 0 saturated heterocycles. The molecule has 0 amide bonds. The highest BCUT2D eigenvalue weighted by atomic mass is 35.5. The summed E-state index contributed by atoms with van der Waals surface area (Å²) in [6.07, 6.45) is -1.95. The van der Waals surface area contributed by atoms with Gasteiger partial charge in [-0.05, 0) is 25.2 Å². The van der Waals surface area contributed by atoms with Gasteiger partial charge in [-0.1, -0.05) is 13.8 Å². The number of halogens is 4. The molecule has 0 aromatic rings. The number of unbranched alkanes of at least 4 members (excludes halogenated alkanes) is 1. The van der Waals surface area contributed by atoms with Crippen molar-refractivity contribution in [1.82, 2.24) is 0 Å². The zero-order valence-corrected chi connectivity index (χ0v) is 9.87. The van der Waals surface area contributed by atoms with E-state index in [1.165, 1.54) is 0 Å². The molecule has 0 aromatic carbocycles. The molecular weight excluding hydrogens is 229 g/mol. The summed E-state index contributed by atoms with van der Waals surface area (Å²) >= 11 is 5.98. The molecule has 5 heteroatoms. The topological polar surface area (TPSA) is 9.23 Å². The minimum Gasteiger partial charge on any atom is -0.372 e. The maximum absolute atomic E-state index is 11.7. The summed E-state index contributed by atoms with van der Waals surface area (Å²) in [5, 5.41) is 0.104. The van der Waals surface area contributed by atoms with Gasteiger partial charge >= 0.3 is 6.18 Å². The highest BCUT2D eigenvalue weighted by molar-refractivity contribution is 6.20. The van der Waals surface area contributed by atoms with E-state index in [-0.39, 0.29) is 12.0 Å². The number of hydrogen-bond acceptors (Lipinski definition) is 1. The van der Waals surface area contributed by atoms with Crippen LogP contribution in [0.1, 0.15) is 33.1 Å². The Balaban J connectivity index is 3.26. The van der Waals surface area contributed by atoms with E-state index >= 15 is 0 Å². The van der Waals surface area contributed by atoms with Gasteiger partial charge in [0.2, 0.25) is 0 Å². The third-order valence-corrected chi connectivity index (χ3v) is 2.73. The van der Waals surface area contributed by atoms with Crippen molar-refractivity contribution in [2.24, 2.45) is 5.92 Å². The average Bonchev–Trinajstić information content (AvgIpc) is 2.08. The van der Waals surface area contributed by atoms with Gasteiger partial charge < -0.3 is 4.74 Å². The zero-order valence-electron chi connectivity index (χ0n) is 9.11. The second-order valence-electron chi connectivity index (χ2n) is 3.92. The predicted octanol–water partition coefficient (Wildman–Crippen LogP) is 4.00. The third-order valence-electron chi connectivity index (χ3n) is 2.01. The Bertz CT molecular complexity index is 159. The summed E-state index contributed by atoms with van der Waals surface area (Å²) in [5.41, 5.74) is 0. The summed E-state index contributed by atoms with van der Waals surface area (Å²) < 4.78 is 39.4. The quantitative estimate of drug-likeness (QED) is 0.487. The molecular formula is C10H18ClF3O. The monoisotopic (exact) mass is 246 g/mol. The second-order valence-corrected chi connectivity index (χ2v) is 4.48. The van der Waals surface area contributed by atoms with Crippen molar-refractivity contribution in [3.63, 3.8) is 0 Å². The van der Waals surface area contributed by atoms with E-state index < -0.39 is 12.8 Å². The van der Waals surface area contributed by atoms with Gasteiger partial charge in [0.05, 0.1) is 0 Å². The minimum absolute atomic E-state index is 0.104. The van der Waals surface area contributed by atoms with Crippen LogP contribution in [0.3, 0.4) is 0 Å². The molecule has 0 aliphatic carbocycles. The normalized spacial score (nSPS) is 14.6. The van der Waals surface area contributed by atoms with Crippen molar-refractivity contribution in [1.29, 1.82) is 0 Å². The molecule has 0 aromatic heterocycles. The maximum atomic E-state index is 11.7. The van der Waals surface area contributed by atoms with Gasteiger partial charge in [0.15, 0.2) is 0 Å². The first kappa shape index (κ1) is 15.0. The maximum Gasteiger partial charge on any atom is 0.411 e. The van der Waals surface area contributed by atoms with Crippen LogP contribution in [0.25, 0.3) is 0 Å². The fourth-order valence-corrected chi connectivity index (χ4v) is 1.22. The molecule has 0 aliphatic heterocycles. The van der Waals surface area contributed by atoms with Crippen LogP contribution in [0.2, 0.25) is 0 Å². The molecule has 92 valence electrons. The van der Waals surface area contributed by atoms with E-state index in [0.29, 0.717) is 12.3 Å². The highest BCUT2D eigenvalue weighted by Gasteiger charge is 2.27. The van der Waals surface area contributed by atoms with Gasteiger partial charge in [-0.15, -0.1) is 11.6 Å². The van der Waals surface area contributed by atoms with Gasteiger partial charge in [0.25, 0.3) is 0 Å². The molecule has 0 fully saturated rings. The van der Waals surface area contributed by atoms with Crippen LogP contribution in [0, 0.1) is 5.92 Å². The lowest BCUT2D eigenvalue weighted by Crippen LogP contribution is -2.17. The lowest BCUT2D eigenvalue weighted by Gasteiger charge is -2.12. The molecule has 0 saturated carbocycles. The summed E-state index contributed by atoms with van der Waals surface area (Å²) in [5.74, 6) is 0.405. The SMILES string of the molecule is CC(C)C(Cl)CCCCOCC(F)(F)F. The fraction of sp³-hybridized carbons (Fsp3) is 1.00. The van der Waals surface area contributed by atoms with Crippen LogP contribution in [0.15, 0.2) is 0 Å². The number of alkyl halides is 4. The molecule has 1 atom stereocenters. The molecule has 0 radical (unpaired) electrons. The lowest BCUT2D eigenvalue weighted by atomic mass is 10.0. The van der Waals surface area contributed by atoms with Crippen LogP contribution >= 0.6 is 11.6 Å². The number of hydrogen-bond donors (Lipinski definition) is 0. The number of ether oxygens (including phenoxy) is 1. The molecule has 0 rings (SSSR count). The average molecular weight is 247 g/mol. The van der Waals surface area contributed by atoms with Crippen LogP contribution in [-0.4, -0.2) is 24.8 Å². The zero-order chi connectivity index (χ0) is 11.9. The van der Waals surface area contributed by atoms with Gasteiger partial charge in [0, 0.05) is 12.0 Å². The third kappa shape index (κ3) is 10.3. The summed E-state index contributed by atoms with van der Waals surface area (Å²) in [6, 6.07) is 0. The van der Waals surface area contributed by atoms with Crippen molar-refractivity contribution >= 4 is 11.6 Å². The molecule has 0 bridgehead atoms. The van der Waals surface area contributed by atoms with E-state index in [9.17, 15) is 13.2 Å². The standard InChI is InChI=1S/C10H18ClF3O/c1-8(2)9(11)5-3-4-6-15-7-10(12,13)14/h8-9H,3-7H2,1-2H3. The molecule has 1 nitrogen and oxygen atoms in total. The van der Waals surface area contributed by atoms with Crippen molar-refractivity contribution in [2.45, 2.75) is 44.7 Å².